The molecule has 0 spiro atoms. The summed E-state index contributed by atoms with van der Waals surface area (Å²) in [6, 6.07) is 5.36. The number of aromatic amines is 1. The zero-order valence-corrected chi connectivity index (χ0v) is 19.1. The van der Waals surface area contributed by atoms with Crippen molar-refractivity contribution >= 4 is 16.8 Å². The summed E-state index contributed by atoms with van der Waals surface area (Å²) in [7, 11) is 2.26. The summed E-state index contributed by atoms with van der Waals surface area (Å²) in [5, 5.41) is 4.66. The first-order chi connectivity index (χ1) is 13.4. The van der Waals surface area contributed by atoms with E-state index < -0.39 is 0 Å². The van der Waals surface area contributed by atoms with Crippen LogP contribution in [0, 0.1) is 11.3 Å². The quantitative estimate of drug-likeness (QED) is 0.781. The molecule has 1 aromatic carbocycles. The van der Waals surface area contributed by atoms with Crippen LogP contribution in [0.15, 0.2) is 18.3 Å². The summed E-state index contributed by atoms with van der Waals surface area (Å²) >= 11 is 0. The molecule has 4 rings (SSSR count). The number of hydrogen-bond acceptors (Lipinski definition) is 2. The molecule has 0 saturated carbocycles. The molecule has 1 saturated heterocycles. The van der Waals surface area contributed by atoms with Crippen LogP contribution in [0.4, 0.5) is 0 Å². The lowest BCUT2D eigenvalue weighted by molar-refractivity contribution is -0.128. The van der Waals surface area contributed by atoms with E-state index in [4.69, 9.17) is 0 Å². The lowest BCUT2D eigenvalue weighted by Gasteiger charge is -2.46. The zero-order valence-electron chi connectivity index (χ0n) is 19.1. The Balaban J connectivity index is 1.65. The number of rotatable bonds is 2. The van der Waals surface area contributed by atoms with Gasteiger partial charge in [0.2, 0.25) is 5.91 Å². The second-order valence-corrected chi connectivity index (χ2v) is 11.4. The third-order valence-electron chi connectivity index (χ3n) is 6.98. The molecule has 1 aliphatic carbocycles. The lowest BCUT2D eigenvalue weighted by Crippen LogP contribution is -2.50. The number of nitrogens with one attached hydrogen (secondary N) is 2. The van der Waals surface area contributed by atoms with Crippen molar-refractivity contribution in [3.05, 3.63) is 35.0 Å². The Morgan fingerprint density at radius 1 is 1.21 bits per heavy atom. The second kappa shape index (κ2) is 6.87. The van der Waals surface area contributed by atoms with Crippen LogP contribution >= 0.6 is 0 Å². The Bertz CT molecular complexity index is 928. The molecule has 0 bridgehead atoms. The van der Waals surface area contributed by atoms with Gasteiger partial charge in [-0.25, -0.2) is 0 Å². The average molecular weight is 396 g/mol. The molecule has 158 valence electrons. The molecular formula is C25H37N3O. The van der Waals surface area contributed by atoms with E-state index >= 15 is 0 Å². The van der Waals surface area contributed by atoms with Crippen LogP contribution in [-0.4, -0.2) is 42.0 Å². The van der Waals surface area contributed by atoms with Gasteiger partial charge < -0.3 is 15.2 Å². The Labute approximate surface area is 175 Å². The summed E-state index contributed by atoms with van der Waals surface area (Å²) in [4.78, 5) is 18.5. The number of aromatic nitrogens is 1. The molecule has 0 radical (unpaired) electrons. The number of carbonyl (C=O) groups is 1. The number of hydrogen-bond donors (Lipinski definition) is 2. The summed E-state index contributed by atoms with van der Waals surface area (Å²) in [5.74, 6) is 1.16. The van der Waals surface area contributed by atoms with Crippen molar-refractivity contribution in [2.45, 2.75) is 71.8 Å². The normalized spacial score (nSPS) is 25.1. The molecule has 2 heterocycles. The number of nitrogens with zero attached hydrogens (tertiary/aromatic N) is 1. The minimum Gasteiger partial charge on any atom is -0.361 e. The first-order valence-corrected chi connectivity index (χ1v) is 11.1. The van der Waals surface area contributed by atoms with Crippen molar-refractivity contribution in [1.82, 2.24) is 15.2 Å². The fourth-order valence-corrected chi connectivity index (χ4v) is 5.21. The van der Waals surface area contributed by atoms with Gasteiger partial charge in [0, 0.05) is 47.6 Å². The van der Waals surface area contributed by atoms with Gasteiger partial charge >= 0.3 is 0 Å². The van der Waals surface area contributed by atoms with Crippen LogP contribution < -0.4 is 5.32 Å². The smallest absolute Gasteiger partial charge is 0.225 e. The van der Waals surface area contributed by atoms with Gasteiger partial charge in [0.1, 0.15) is 0 Å². The standard InChI is InChI=1S/C25H37N3O/c1-24(2,3)17-10-19-18-8-15(12-27-23(29)25(4,5)6)14-28(7)21(18)9-16-13-26-20(11-17)22(16)19/h10-11,13,15,18,21,26H,8-9,12,14H2,1-7H3,(H,27,29)/t15-,18?,21+/m0/s1. The highest BCUT2D eigenvalue weighted by atomic mass is 16.2. The highest BCUT2D eigenvalue weighted by molar-refractivity contribution is 5.89. The second-order valence-electron chi connectivity index (χ2n) is 11.4. The van der Waals surface area contributed by atoms with Crippen molar-refractivity contribution in [1.29, 1.82) is 0 Å². The minimum atomic E-state index is -0.332. The van der Waals surface area contributed by atoms with Crippen molar-refractivity contribution in [3.63, 3.8) is 0 Å². The van der Waals surface area contributed by atoms with E-state index in [0.29, 0.717) is 17.9 Å². The number of carbonyl (C=O) groups excluding carboxylic acids is 1. The first-order valence-electron chi connectivity index (χ1n) is 11.1. The SMILES string of the molecule is CN1C[C@H](CNC(=O)C(C)(C)C)CC2c3cc(C(C)(C)C)cc4[nH]cc(c34)C[C@H]21. The average Bonchev–Trinajstić information content (AvgIpc) is 3.03. The van der Waals surface area contributed by atoms with Crippen LogP contribution in [0.5, 0.6) is 0 Å². The van der Waals surface area contributed by atoms with E-state index in [1.54, 1.807) is 0 Å². The van der Waals surface area contributed by atoms with E-state index in [2.05, 4.69) is 61.3 Å². The first kappa shape index (κ1) is 20.5. The van der Waals surface area contributed by atoms with Gasteiger partial charge in [0.05, 0.1) is 0 Å². The molecule has 3 atom stereocenters. The zero-order chi connectivity index (χ0) is 21.1. The van der Waals surface area contributed by atoms with Crippen molar-refractivity contribution < 1.29 is 4.79 Å². The van der Waals surface area contributed by atoms with Gasteiger partial charge in [0.25, 0.3) is 0 Å². The van der Waals surface area contributed by atoms with Crippen LogP contribution in [0.2, 0.25) is 0 Å². The molecule has 4 nitrogen and oxygen atoms in total. The fraction of sp³-hybridized carbons (Fsp3) is 0.640. The van der Waals surface area contributed by atoms with E-state index in [9.17, 15) is 4.79 Å². The maximum Gasteiger partial charge on any atom is 0.225 e. The van der Waals surface area contributed by atoms with Gasteiger partial charge in [-0.3, -0.25) is 4.79 Å². The van der Waals surface area contributed by atoms with Crippen LogP contribution in [-0.2, 0) is 16.6 Å². The topological polar surface area (TPSA) is 48.1 Å². The number of amides is 1. The molecule has 29 heavy (non-hydrogen) atoms. The lowest BCUT2D eigenvalue weighted by atomic mass is 9.71. The van der Waals surface area contributed by atoms with Crippen LogP contribution in [0.1, 0.15) is 70.6 Å². The van der Waals surface area contributed by atoms with E-state index in [0.717, 1.165) is 25.9 Å². The maximum atomic E-state index is 12.4. The predicted octanol–water partition coefficient (Wildman–Crippen LogP) is 4.59. The fourth-order valence-electron chi connectivity index (χ4n) is 5.21. The summed E-state index contributed by atoms with van der Waals surface area (Å²) in [5.41, 5.74) is 5.46. The Morgan fingerprint density at radius 2 is 1.93 bits per heavy atom. The largest absolute Gasteiger partial charge is 0.361 e. The Morgan fingerprint density at radius 3 is 2.59 bits per heavy atom. The maximum absolute atomic E-state index is 12.4. The van der Waals surface area contributed by atoms with Crippen molar-refractivity contribution in [2.24, 2.45) is 11.3 Å². The van der Waals surface area contributed by atoms with Gasteiger partial charge in [-0.1, -0.05) is 47.6 Å². The number of likely N-dealkylation sites (tertiary alicyclic amines) is 1. The number of piperidine rings is 1. The van der Waals surface area contributed by atoms with Gasteiger partial charge in [-0.2, -0.15) is 0 Å². The molecule has 1 fully saturated rings. The number of fused-ring (bicyclic) bond motifs is 2. The molecule has 4 heteroatoms. The summed E-state index contributed by atoms with van der Waals surface area (Å²) in [6.45, 7) is 14.6. The Kier molecular flexibility index (Phi) is 4.85. The molecule has 2 N–H and O–H groups in total. The third kappa shape index (κ3) is 3.72. The molecule has 2 aromatic rings. The van der Waals surface area contributed by atoms with Gasteiger partial charge in [-0.15, -0.1) is 0 Å². The highest BCUT2D eigenvalue weighted by Gasteiger charge is 2.40. The highest BCUT2D eigenvalue weighted by Crippen LogP contribution is 2.45. The van der Waals surface area contributed by atoms with Crippen molar-refractivity contribution in [2.75, 3.05) is 20.1 Å². The van der Waals surface area contributed by atoms with Crippen molar-refractivity contribution in [3.8, 4) is 0 Å². The number of H-pyrrole nitrogens is 1. The van der Waals surface area contributed by atoms with Gasteiger partial charge in [0.15, 0.2) is 0 Å². The molecule has 2 aliphatic rings. The van der Waals surface area contributed by atoms with E-state index in [-0.39, 0.29) is 16.7 Å². The molecule has 1 aliphatic heterocycles. The molecular weight excluding hydrogens is 358 g/mol. The van der Waals surface area contributed by atoms with Gasteiger partial charge in [-0.05, 0) is 54.0 Å². The molecule has 1 aromatic heterocycles. The predicted molar refractivity (Wildman–Crippen MR) is 120 cm³/mol. The molecule has 1 unspecified atom stereocenters. The minimum absolute atomic E-state index is 0.129. The van der Waals surface area contributed by atoms with E-state index in [1.165, 1.54) is 27.6 Å². The summed E-state index contributed by atoms with van der Waals surface area (Å²) in [6.07, 6.45) is 4.48. The third-order valence-corrected chi connectivity index (χ3v) is 6.98. The van der Waals surface area contributed by atoms with Crippen LogP contribution in [0.25, 0.3) is 10.9 Å². The monoisotopic (exact) mass is 395 g/mol. The van der Waals surface area contributed by atoms with Crippen LogP contribution in [0.3, 0.4) is 0 Å². The van der Waals surface area contributed by atoms with E-state index in [1.807, 2.05) is 20.8 Å². The number of likely N-dealkylation sites (N-methyl/N-ethyl adjacent to an activating group) is 1. The summed E-state index contributed by atoms with van der Waals surface area (Å²) < 4.78 is 0. The number of benzene rings is 1. The Hall–Kier alpha value is -1.81. The molecule has 1 amide bonds.